The third-order valence-corrected chi connectivity index (χ3v) is 4.46. The molecule has 0 saturated carbocycles. The Bertz CT molecular complexity index is 749. The van der Waals surface area contributed by atoms with Gasteiger partial charge in [0.2, 0.25) is 0 Å². The topological polar surface area (TPSA) is 64.3 Å². The van der Waals surface area contributed by atoms with Gasteiger partial charge in [-0.1, -0.05) is 18.5 Å². The number of nitrogens with two attached hydrogens (primary N) is 1. The molecule has 5 heteroatoms. The van der Waals surface area contributed by atoms with Crippen molar-refractivity contribution in [2.24, 2.45) is 0 Å². The van der Waals surface area contributed by atoms with E-state index < -0.39 is 0 Å². The average molecular weight is 347 g/mol. The van der Waals surface area contributed by atoms with Crippen molar-refractivity contribution in [2.45, 2.75) is 34.1 Å². The van der Waals surface area contributed by atoms with E-state index in [1.54, 1.807) is 0 Å². The van der Waals surface area contributed by atoms with Crippen molar-refractivity contribution >= 4 is 28.9 Å². The van der Waals surface area contributed by atoms with E-state index in [2.05, 4.69) is 5.32 Å². The Morgan fingerprint density at radius 3 is 2.33 bits per heavy atom. The first-order valence-corrected chi connectivity index (χ1v) is 8.28. The Morgan fingerprint density at radius 2 is 1.75 bits per heavy atom. The summed E-state index contributed by atoms with van der Waals surface area (Å²) in [6.07, 6.45) is 0.790. The largest absolute Gasteiger partial charge is 0.484 e. The molecule has 0 aliphatic carbocycles. The number of anilines is 2. The van der Waals surface area contributed by atoms with Crippen molar-refractivity contribution in [1.82, 2.24) is 0 Å². The maximum Gasteiger partial charge on any atom is 0.262 e. The molecule has 128 valence electrons. The second-order valence-electron chi connectivity index (χ2n) is 5.93. The van der Waals surface area contributed by atoms with Crippen LogP contribution >= 0.6 is 11.6 Å². The number of aryl methyl sites for hydroxylation is 4. The van der Waals surface area contributed by atoms with Crippen molar-refractivity contribution in [3.8, 4) is 5.75 Å². The van der Waals surface area contributed by atoms with E-state index in [-0.39, 0.29) is 12.5 Å². The summed E-state index contributed by atoms with van der Waals surface area (Å²) in [5, 5.41) is 3.64. The molecule has 4 nitrogen and oxygen atoms in total. The third-order valence-electron chi connectivity index (χ3n) is 3.86. The Labute approximate surface area is 148 Å². The van der Waals surface area contributed by atoms with Gasteiger partial charge in [-0.05, 0) is 73.7 Å². The molecule has 0 aromatic heterocycles. The van der Waals surface area contributed by atoms with Gasteiger partial charge in [0.1, 0.15) is 5.75 Å². The molecule has 0 saturated heterocycles. The standard InChI is InChI=1S/C19H23ClN2O2/c1-5-14-9-15(21)6-13(4)19(14)22-17(23)10-24-16-7-11(2)18(20)12(3)8-16/h6-9H,5,10,21H2,1-4H3,(H,22,23). The van der Waals surface area contributed by atoms with Crippen LogP contribution in [0, 0.1) is 20.8 Å². The number of carbonyl (C=O) groups is 1. The maximum atomic E-state index is 12.2. The fourth-order valence-corrected chi connectivity index (χ4v) is 2.77. The van der Waals surface area contributed by atoms with Crippen molar-refractivity contribution in [3.63, 3.8) is 0 Å². The summed E-state index contributed by atoms with van der Waals surface area (Å²) in [6, 6.07) is 7.39. The first kappa shape index (κ1) is 18.1. The molecule has 24 heavy (non-hydrogen) atoms. The fourth-order valence-electron chi connectivity index (χ4n) is 2.66. The number of nitrogen functional groups attached to an aromatic ring is 1. The van der Waals surface area contributed by atoms with Gasteiger partial charge in [-0.3, -0.25) is 4.79 Å². The van der Waals surface area contributed by atoms with Crippen LogP contribution in [0.4, 0.5) is 11.4 Å². The molecule has 0 aliphatic heterocycles. The Balaban J connectivity index is 2.07. The van der Waals surface area contributed by atoms with E-state index in [0.717, 1.165) is 39.4 Å². The Hall–Kier alpha value is -2.20. The van der Waals surface area contributed by atoms with Crippen LogP contribution in [0.5, 0.6) is 5.75 Å². The summed E-state index contributed by atoms with van der Waals surface area (Å²) < 4.78 is 5.60. The van der Waals surface area contributed by atoms with Crippen LogP contribution in [-0.4, -0.2) is 12.5 Å². The van der Waals surface area contributed by atoms with Gasteiger partial charge in [-0.2, -0.15) is 0 Å². The minimum Gasteiger partial charge on any atom is -0.484 e. The summed E-state index contributed by atoms with van der Waals surface area (Å²) in [5.41, 5.74) is 11.2. The van der Waals surface area contributed by atoms with Gasteiger partial charge in [-0.15, -0.1) is 0 Å². The van der Waals surface area contributed by atoms with Crippen molar-refractivity contribution in [3.05, 3.63) is 51.5 Å². The molecule has 2 rings (SSSR count). The second kappa shape index (κ2) is 7.58. The summed E-state index contributed by atoms with van der Waals surface area (Å²) in [6.45, 7) is 7.71. The highest BCUT2D eigenvalue weighted by atomic mass is 35.5. The van der Waals surface area contributed by atoms with Crippen LogP contribution in [0.25, 0.3) is 0 Å². The van der Waals surface area contributed by atoms with Crippen molar-refractivity contribution < 1.29 is 9.53 Å². The predicted molar refractivity (Wildman–Crippen MR) is 100 cm³/mol. The van der Waals surface area contributed by atoms with Gasteiger partial charge in [-0.25, -0.2) is 0 Å². The van der Waals surface area contributed by atoms with Crippen LogP contribution in [0.3, 0.4) is 0 Å². The SMILES string of the molecule is CCc1cc(N)cc(C)c1NC(=O)COc1cc(C)c(Cl)c(C)c1. The van der Waals surface area contributed by atoms with E-state index >= 15 is 0 Å². The number of nitrogens with one attached hydrogen (secondary N) is 1. The minimum atomic E-state index is -0.206. The summed E-state index contributed by atoms with van der Waals surface area (Å²) >= 11 is 6.14. The molecule has 0 unspecified atom stereocenters. The third kappa shape index (κ3) is 4.20. The molecule has 0 heterocycles. The van der Waals surface area contributed by atoms with E-state index in [9.17, 15) is 4.79 Å². The molecule has 2 aromatic rings. The highest BCUT2D eigenvalue weighted by Gasteiger charge is 2.11. The molecule has 0 bridgehead atoms. The minimum absolute atomic E-state index is 0.0620. The first-order chi connectivity index (χ1) is 11.3. The number of hydrogen-bond donors (Lipinski definition) is 2. The van der Waals surface area contributed by atoms with Crippen LogP contribution in [0.2, 0.25) is 5.02 Å². The van der Waals surface area contributed by atoms with Gasteiger partial charge < -0.3 is 15.8 Å². The van der Waals surface area contributed by atoms with Crippen LogP contribution in [0.1, 0.15) is 29.2 Å². The smallest absolute Gasteiger partial charge is 0.262 e. The Kier molecular flexibility index (Phi) is 5.73. The monoisotopic (exact) mass is 346 g/mol. The molecule has 0 spiro atoms. The molecular formula is C19H23ClN2O2. The zero-order valence-electron chi connectivity index (χ0n) is 14.5. The van der Waals surface area contributed by atoms with E-state index in [0.29, 0.717) is 11.4 Å². The highest BCUT2D eigenvalue weighted by molar-refractivity contribution is 6.32. The van der Waals surface area contributed by atoms with Gasteiger partial charge in [0.25, 0.3) is 5.91 Å². The van der Waals surface area contributed by atoms with Gasteiger partial charge in [0.15, 0.2) is 6.61 Å². The van der Waals surface area contributed by atoms with E-state index in [1.807, 2.05) is 52.0 Å². The molecule has 2 aromatic carbocycles. The lowest BCUT2D eigenvalue weighted by molar-refractivity contribution is -0.118. The van der Waals surface area contributed by atoms with Gasteiger partial charge in [0, 0.05) is 16.4 Å². The first-order valence-electron chi connectivity index (χ1n) is 7.90. The van der Waals surface area contributed by atoms with Crippen LogP contribution in [-0.2, 0) is 11.2 Å². The molecule has 3 N–H and O–H groups in total. The molecule has 0 aliphatic rings. The van der Waals surface area contributed by atoms with Gasteiger partial charge >= 0.3 is 0 Å². The van der Waals surface area contributed by atoms with Crippen molar-refractivity contribution in [1.29, 1.82) is 0 Å². The number of hydrogen-bond acceptors (Lipinski definition) is 3. The number of halogens is 1. The maximum absolute atomic E-state index is 12.2. The lowest BCUT2D eigenvalue weighted by Crippen LogP contribution is -2.21. The molecule has 1 amide bonds. The molecule has 0 atom stereocenters. The highest BCUT2D eigenvalue weighted by Crippen LogP contribution is 2.27. The van der Waals surface area contributed by atoms with Gasteiger partial charge in [0.05, 0.1) is 0 Å². The fraction of sp³-hybridized carbons (Fsp3) is 0.316. The average Bonchev–Trinajstić information content (AvgIpc) is 2.52. The van der Waals surface area contributed by atoms with Crippen LogP contribution in [0.15, 0.2) is 24.3 Å². The van der Waals surface area contributed by atoms with E-state index in [1.165, 1.54) is 0 Å². The number of carbonyl (C=O) groups excluding carboxylic acids is 1. The number of amides is 1. The summed E-state index contributed by atoms with van der Waals surface area (Å²) in [5.74, 6) is 0.428. The normalized spacial score (nSPS) is 10.5. The van der Waals surface area contributed by atoms with Crippen molar-refractivity contribution in [2.75, 3.05) is 17.7 Å². The quantitative estimate of drug-likeness (QED) is 0.787. The second-order valence-corrected chi connectivity index (χ2v) is 6.31. The Morgan fingerprint density at radius 1 is 1.12 bits per heavy atom. The molecule has 0 radical (unpaired) electrons. The predicted octanol–water partition coefficient (Wildman–Crippen LogP) is 4.43. The van der Waals surface area contributed by atoms with Crippen LogP contribution < -0.4 is 15.8 Å². The lowest BCUT2D eigenvalue weighted by atomic mass is 10.0. The number of rotatable bonds is 5. The molecule has 0 fully saturated rings. The molecular weight excluding hydrogens is 324 g/mol. The summed E-state index contributed by atoms with van der Waals surface area (Å²) in [7, 11) is 0. The number of benzene rings is 2. The number of ether oxygens (including phenoxy) is 1. The lowest BCUT2D eigenvalue weighted by Gasteiger charge is -2.15. The zero-order valence-corrected chi connectivity index (χ0v) is 15.3. The zero-order chi connectivity index (χ0) is 17.9. The van der Waals surface area contributed by atoms with E-state index in [4.69, 9.17) is 22.1 Å². The summed E-state index contributed by atoms with van der Waals surface area (Å²) in [4.78, 5) is 12.2.